The van der Waals surface area contributed by atoms with E-state index in [1.54, 1.807) is 4.68 Å². The van der Waals surface area contributed by atoms with Crippen molar-refractivity contribution in [2.75, 3.05) is 0 Å². The first-order valence-corrected chi connectivity index (χ1v) is 4.58. The van der Waals surface area contributed by atoms with Gasteiger partial charge in [-0.25, -0.2) is 0 Å². The van der Waals surface area contributed by atoms with E-state index >= 15 is 0 Å². The Kier molecular flexibility index (Phi) is 2.64. The van der Waals surface area contributed by atoms with E-state index in [2.05, 4.69) is 5.10 Å². The number of carbonyl (C=O) groups is 1. The zero-order chi connectivity index (χ0) is 10.9. The Balaban J connectivity index is 3.02. The van der Waals surface area contributed by atoms with Crippen molar-refractivity contribution < 1.29 is 9.90 Å². The Morgan fingerprint density at radius 1 is 1.57 bits per heavy atom. The van der Waals surface area contributed by atoms with Crippen LogP contribution in [0.1, 0.15) is 31.7 Å². The second-order valence-corrected chi connectivity index (χ2v) is 4.22. The highest BCUT2D eigenvalue weighted by atomic mass is 16.4. The number of aromatic nitrogens is 2. The van der Waals surface area contributed by atoms with Crippen LogP contribution in [0.2, 0.25) is 0 Å². The molecule has 4 heteroatoms. The summed E-state index contributed by atoms with van der Waals surface area (Å²) in [6.45, 7) is 7.59. The molecule has 0 aliphatic rings. The maximum absolute atomic E-state index is 10.7. The number of aliphatic carboxylic acids is 1. The summed E-state index contributed by atoms with van der Waals surface area (Å²) >= 11 is 0. The molecule has 0 aliphatic heterocycles. The summed E-state index contributed by atoms with van der Waals surface area (Å²) in [6, 6.07) is 1.95. The molecule has 1 heterocycles. The second kappa shape index (κ2) is 3.44. The molecule has 1 aromatic heterocycles. The van der Waals surface area contributed by atoms with Gasteiger partial charge in [0.2, 0.25) is 0 Å². The highest BCUT2D eigenvalue weighted by Gasteiger charge is 2.26. The van der Waals surface area contributed by atoms with Gasteiger partial charge in [-0.15, -0.1) is 0 Å². The maximum atomic E-state index is 10.7. The smallest absolute Gasteiger partial charge is 0.305 e. The Bertz CT molecular complexity index is 353. The van der Waals surface area contributed by atoms with Crippen LogP contribution in [0.3, 0.4) is 0 Å². The fourth-order valence-corrected chi connectivity index (χ4v) is 1.69. The van der Waals surface area contributed by atoms with Gasteiger partial charge in [-0.05, 0) is 33.8 Å². The van der Waals surface area contributed by atoms with E-state index in [4.69, 9.17) is 5.11 Å². The van der Waals surface area contributed by atoms with E-state index in [9.17, 15) is 4.79 Å². The molecule has 0 bridgehead atoms. The van der Waals surface area contributed by atoms with Crippen LogP contribution in [0.5, 0.6) is 0 Å². The number of rotatable bonds is 3. The van der Waals surface area contributed by atoms with E-state index in [0.29, 0.717) is 0 Å². The lowest BCUT2D eigenvalue weighted by atomic mass is 10.0. The van der Waals surface area contributed by atoms with Crippen molar-refractivity contribution in [3.8, 4) is 0 Å². The van der Waals surface area contributed by atoms with E-state index < -0.39 is 11.5 Å². The van der Waals surface area contributed by atoms with Crippen LogP contribution < -0.4 is 0 Å². The van der Waals surface area contributed by atoms with E-state index in [1.807, 2.05) is 33.8 Å². The lowest BCUT2D eigenvalue weighted by Gasteiger charge is -2.24. The van der Waals surface area contributed by atoms with Crippen molar-refractivity contribution in [3.05, 3.63) is 17.5 Å². The summed E-state index contributed by atoms with van der Waals surface area (Å²) in [5.74, 6) is -0.803. The number of carboxylic acid groups (broad SMARTS) is 1. The molecule has 0 unspecified atom stereocenters. The first-order valence-electron chi connectivity index (χ1n) is 4.58. The zero-order valence-corrected chi connectivity index (χ0v) is 9.03. The number of nitrogens with zero attached hydrogens (tertiary/aromatic N) is 2. The molecule has 0 atom stereocenters. The summed E-state index contributed by atoms with van der Waals surface area (Å²) in [4.78, 5) is 10.7. The first-order chi connectivity index (χ1) is 6.33. The Morgan fingerprint density at radius 2 is 2.14 bits per heavy atom. The molecule has 78 valence electrons. The van der Waals surface area contributed by atoms with Crippen LogP contribution in [0, 0.1) is 13.8 Å². The third-order valence-electron chi connectivity index (χ3n) is 2.17. The van der Waals surface area contributed by atoms with Gasteiger partial charge in [-0.1, -0.05) is 0 Å². The summed E-state index contributed by atoms with van der Waals surface area (Å²) in [6.07, 6.45) is 0.0783. The first kappa shape index (κ1) is 10.8. The van der Waals surface area contributed by atoms with Gasteiger partial charge in [0.05, 0.1) is 17.7 Å². The number of carboxylic acids is 1. The Morgan fingerprint density at radius 3 is 2.50 bits per heavy atom. The topological polar surface area (TPSA) is 55.1 Å². The lowest BCUT2D eigenvalue weighted by Crippen LogP contribution is -2.31. The molecule has 0 aliphatic carbocycles. The molecule has 4 nitrogen and oxygen atoms in total. The Hall–Kier alpha value is -1.32. The molecule has 0 saturated heterocycles. The van der Waals surface area contributed by atoms with Gasteiger partial charge in [0.25, 0.3) is 0 Å². The van der Waals surface area contributed by atoms with Crippen molar-refractivity contribution in [1.82, 2.24) is 9.78 Å². The van der Waals surface area contributed by atoms with Crippen molar-refractivity contribution in [2.45, 2.75) is 39.7 Å². The number of aryl methyl sites for hydroxylation is 2. The Labute approximate surface area is 83.5 Å². The maximum Gasteiger partial charge on any atom is 0.305 e. The molecular weight excluding hydrogens is 180 g/mol. The predicted molar refractivity (Wildman–Crippen MR) is 53.3 cm³/mol. The molecule has 0 amide bonds. The molecule has 14 heavy (non-hydrogen) atoms. The summed E-state index contributed by atoms with van der Waals surface area (Å²) in [5.41, 5.74) is 1.44. The standard InChI is InChI=1S/C10H16N2O2/c1-7-5-8(2)12(11-7)10(3,4)6-9(13)14/h5H,6H2,1-4H3,(H,13,14). The molecule has 0 radical (unpaired) electrons. The van der Waals surface area contributed by atoms with Crippen LogP contribution in [0.25, 0.3) is 0 Å². The SMILES string of the molecule is Cc1cc(C)n(C(C)(C)CC(=O)O)n1. The van der Waals surface area contributed by atoms with Crippen LogP contribution in [-0.2, 0) is 10.3 Å². The molecule has 1 N–H and O–H groups in total. The van der Waals surface area contributed by atoms with Gasteiger partial charge < -0.3 is 5.11 Å². The van der Waals surface area contributed by atoms with Gasteiger partial charge >= 0.3 is 5.97 Å². The molecule has 1 aromatic rings. The minimum absolute atomic E-state index is 0.0783. The quantitative estimate of drug-likeness (QED) is 0.800. The average molecular weight is 196 g/mol. The molecule has 1 rings (SSSR count). The molecule has 0 aromatic carbocycles. The molecule has 0 fully saturated rings. The second-order valence-electron chi connectivity index (χ2n) is 4.22. The highest BCUT2D eigenvalue weighted by molar-refractivity contribution is 5.67. The molecule has 0 saturated carbocycles. The minimum atomic E-state index is -0.803. The largest absolute Gasteiger partial charge is 0.481 e. The van der Waals surface area contributed by atoms with Crippen molar-refractivity contribution >= 4 is 5.97 Å². The van der Waals surface area contributed by atoms with Gasteiger partial charge in [0.1, 0.15) is 0 Å². The van der Waals surface area contributed by atoms with Crippen LogP contribution in [-0.4, -0.2) is 20.9 Å². The van der Waals surface area contributed by atoms with Gasteiger partial charge in [-0.2, -0.15) is 5.10 Å². The van der Waals surface area contributed by atoms with Crippen LogP contribution in [0.4, 0.5) is 0 Å². The van der Waals surface area contributed by atoms with Crippen molar-refractivity contribution in [1.29, 1.82) is 0 Å². The summed E-state index contributed by atoms with van der Waals surface area (Å²) in [7, 11) is 0. The summed E-state index contributed by atoms with van der Waals surface area (Å²) < 4.78 is 1.77. The van der Waals surface area contributed by atoms with Gasteiger partial charge in [-0.3, -0.25) is 9.48 Å². The molecule has 0 spiro atoms. The fourth-order valence-electron chi connectivity index (χ4n) is 1.69. The van der Waals surface area contributed by atoms with E-state index in [0.717, 1.165) is 11.4 Å². The van der Waals surface area contributed by atoms with Gasteiger partial charge in [0, 0.05) is 5.69 Å². The minimum Gasteiger partial charge on any atom is -0.481 e. The summed E-state index contributed by atoms with van der Waals surface area (Å²) in [5, 5.41) is 13.1. The fraction of sp³-hybridized carbons (Fsp3) is 0.600. The van der Waals surface area contributed by atoms with Gasteiger partial charge in [0.15, 0.2) is 0 Å². The highest BCUT2D eigenvalue weighted by Crippen LogP contribution is 2.21. The monoisotopic (exact) mass is 196 g/mol. The average Bonchev–Trinajstić information content (AvgIpc) is 2.27. The third-order valence-corrected chi connectivity index (χ3v) is 2.17. The van der Waals surface area contributed by atoms with Crippen molar-refractivity contribution in [2.24, 2.45) is 0 Å². The molecular formula is C10H16N2O2. The zero-order valence-electron chi connectivity index (χ0n) is 9.03. The number of hydrogen-bond donors (Lipinski definition) is 1. The van der Waals surface area contributed by atoms with Crippen LogP contribution in [0.15, 0.2) is 6.07 Å². The van der Waals surface area contributed by atoms with Crippen LogP contribution >= 0.6 is 0 Å². The number of hydrogen-bond acceptors (Lipinski definition) is 2. The van der Waals surface area contributed by atoms with Crippen molar-refractivity contribution in [3.63, 3.8) is 0 Å². The normalized spacial score (nSPS) is 11.7. The third kappa shape index (κ3) is 2.13. The lowest BCUT2D eigenvalue weighted by molar-refractivity contribution is -0.139. The van der Waals surface area contributed by atoms with E-state index in [1.165, 1.54) is 0 Å². The van der Waals surface area contributed by atoms with E-state index in [-0.39, 0.29) is 6.42 Å². The predicted octanol–water partition coefficient (Wildman–Crippen LogP) is 1.71.